The molecule has 0 aliphatic heterocycles. The Morgan fingerprint density at radius 1 is 1.00 bits per heavy atom. The summed E-state index contributed by atoms with van der Waals surface area (Å²) in [6.07, 6.45) is -0.727. The number of rotatable bonds is 7. The third-order valence-electron chi connectivity index (χ3n) is 4.58. The lowest BCUT2D eigenvalue weighted by Crippen LogP contribution is -2.38. The van der Waals surface area contributed by atoms with Gasteiger partial charge in [-0.05, 0) is 22.3 Å². The van der Waals surface area contributed by atoms with Crippen LogP contribution in [0.25, 0.3) is 11.1 Å². The Hall–Kier alpha value is -2.42. The lowest BCUT2D eigenvalue weighted by molar-refractivity contribution is 0.0941. The van der Waals surface area contributed by atoms with Crippen LogP contribution < -0.4 is 0 Å². The molecule has 0 aromatic heterocycles. The van der Waals surface area contributed by atoms with Crippen molar-refractivity contribution in [3.8, 4) is 11.1 Å². The summed E-state index contributed by atoms with van der Waals surface area (Å²) in [4.78, 5) is 13.4. The fourth-order valence-electron chi connectivity index (χ4n) is 3.33. The van der Waals surface area contributed by atoms with E-state index in [1.807, 2.05) is 48.5 Å². The second kappa shape index (κ2) is 8.08. The van der Waals surface area contributed by atoms with Gasteiger partial charge in [-0.15, -0.1) is 0 Å². The minimum atomic E-state index is -4.21. The van der Waals surface area contributed by atoms with Gasteiger partial charge in [-0.25, -0.2) is 4.79 Å². The lowest BCUT2D eigenvalue weighted by Gasteiger charge is -2.22. The number of hydrogen-bond acceptors (Lipinski definition) is 5. The SMILES string of the molecule is O=C(OCC1c2ccccc2-c2ccccc21)N(CCO)CCS(=O)(=O)O. The number of amides is 1. The summed E-state index contributed by atoms with van der Waals surface area (Å²) < 4.78 is 36.1. The molecule has 2 aromatic carbocycles. The maximum absolute atomic E-state index is 12.3. The summed E-state index contributed by atoms with van der Waals surface area (Å²) in [6, 6.07) is 15.8. The first-order valence-corrected chi connectivity index (χ1v) is 10.2. The molecular weight excluding hydrogens is 370 g/mol. The molecule has 0 saturated heterocycles. The van der Waals surface area contributed by atoms with Crippen LogP contribution in [-0.2, 0) is 14.9 Å². The van der Waals surface area contributed by atoms with Crippen LogP contribution >= 0.6 is 0 Å². The molecule has 0 unspecified atom stereocenters. The van der Waals surface area contributed by atoms with Gasteiger partial charge >= 0.3 is 6.09 Å². The summed E-state index contributed by atoms with van der Waals surface area (Å²) in [7, 11) is -4.21. The van der Waals surface area contributed by atoms with Crippen LogP contribution in [0.4, 0.5) is 4.79 Å². The van der Waals surface area contributed by atoms with Crippen molar-refractivity contribution in [2.75, 3.05) is 32.1 Å². The minimum absolute atomic E-state index is 0.0772. The van der Waals surface area contributed by atoms with Crippen LogP contribution in [0.15, 0.2) is 48.5 Å². The molecule has 0 spiro atoms. The number of carbonyl (C=O) groups excluding carboxylic acids is 1. The number of aliphatic hydroxyl groups excluding tert-OH is 1. The topological polar surface area (TPSA) is 104 Å². The summed E-state index contributed by atoms with van der Waals surface area (Å²) in [5.41, 5.74) is 4.34. The second-order valence-corrected chi connectivity index (χ2v) is 7.87. The monoisotopic (exact) mass is 391 g/mol. The van der Waals surface area contributed by atoms with Crippen LogP contribution in [0.3, 0.4) is 0 Å². The Morgan fingerprint density at radius 3 is 2.07 bits per heavy atom. The molecular formula is C19H21NO6S. The second-order valence-electron chi connectivity index (χ2n) is 6.30. The third kappa shape index (κ3) is 4.47. The maximum atomic E-state index is 12.3. The molecule has 8 heteroatoms. The predicted octanol–water partition coefficient (Wildman–Crippen LogP) is 2.12. The van der Waals surface area contributed by atoms with Gasteiger partial charge in [-0.3, -0.25) is 4.55 Å². The van der Waals surface area contributed by atoms with Crippen molar-refractivity contribution in [1.29, 1.82) is 0 Å². The Morgan fingerprint density at radius 2 is 1.56 bits per heavy atom. The molecule has 144 valence electrons. The molecule has 0 fully saturated rings. The summed E-state index contributed by atoms with van der Waals surface area (Å²) in [6.45, 7) is -0.571. The molecule has 27 heavy (non-hydrogen) atoms. The van der Waals surface area contributed by atoms with Gasteiger partial charge in [0.1, 0.15) is 6.61 Å². The highest BCUT2D eigenvalue weighted by Crippen LogP contribution is 2.44. The van der Waals surface area contributed by atoms with Gasteiger partial charge in [0.25, 0.3) is 10.1 Å². The van der Waals surface area contributed by atoms with Crippen molar-refractivity contribution >= 4 is 16.2 Å². The van der Waals surface area contributed by atoms with Gasteiger partial charge in [-0.1, -0.05) is 48.5 Å². The quantitative estimate of drug-likeness (QED) is 0.701. The number of carbonyl (C=O) groups is 1. The van der Waals surface area contributed by atoms with Crippen LogP contribution in [0, 0.1) is 0 Å². The van der Waals surface area contributed by atoms with Gasteiger partial charge in [0, 0.05) is 19.0 Å². The van der Waals surface area contributed by atoms with E-state index in [4.69, 9.17) is 14.4 Å². The van der Waals surface area contributed by atoms with E-state index in [1.165, 1.54) is 0 Å². The average Bonchev–Trinajstić information content (AvgIpc) is 2.96. The van der Waals surface area contributed by atoms with Gasteiger partial charge in [0.2, 0.25) is 0 Å². The van der Waals surface area contributed by atoms with Gasteiger partial charge in [0.05, 0.1) is 12.4 Å². The van der Waals surface area contributed by atoms with Gasteiger partial charge < -0.3 is 14.7 Å². The molecule has 0 heterocycles. The number of fused-ring (bicyclic) bond motifs is 3. The average molecular weight is 391 g/mol. The molecule has 2 aromatic rings. The first kappa shape index (κ1) is 19.3. The summed E-state index contributed by atoms with van der Waals surface area (Å²) in [5.74, 6) is -0.726. The molecule has 0 radical (unpaired) electrons. The van der Waals surface area contributed by atoms with E-state index in [2.05, 4.69) is 0 Å². The zero-order valence-electron chi connectivity index (χ0n) is 14.6. The molecule has 1 aliphatic rings. The van der Waals surface area contributed by atoms with E-state index in [0.717, 1.165) is 27.2 Å². The van der Waals surface area contributed by atoms with Crippen molar-refractivity contribution < 1.29 is 27.6 Å². The highest BCUT2D eigenvalue weighted by Gasteiger charge is 2.29. The molecule has 1 amide bonds. The zero-order chi connectivity index (χ0) is 19.4. The minimum Gasteiger partial charge on any atom is -0.448 e. The zero-order valence-corrected chi connectivity index (χ0v) is 15.4. The molecule has 0 saturated carbocycles. The van der Waals surface area contributed by atoms with Crippen molar-refractivity contribution in [2.24, 2.45) is 0 Å². The fraction of sp³-hybridized carbons (Fsp3) is 0.316. The number of nitrogens with zero attached hydrogens (tertiary/aromatic N) is 1. The molecule has 2 N–H and O–H groups in total. The number of hydrogen-bond donors (Lipinski definition) is 2. The van der Waals surface area contributed by atoms with E-state index < -0.39 is 22.0 Å². The smallest absolute Gasteiger partial charge is 0.409 e. The molecule has 1 aliphatic carbocycles. The van der Waals surface area contributed by atoms with Crippen molar-refractivity contribution in [2.45, 2.75) is 5.92 Å². The van der Waals surface area contributed by atoms with Crippen molar-refractivity contribution in [1.82, 2.24) is 4.90 Å². The maximum Gasteiger partial charge on any atom is 0.409 e. The van der Waals surface area contributed by atoms with Crippen LogP contribution in [0.1, 0.15) is 17.0 Å². The molecule has 0 atom stereocenters. The number of ether oxygens (including phenoxy) is 1. The van der Waals surface area contributed by atoms with Crippen LogP contribution in [0.5, 0.6) is 0 Å². The normalized spacial score (nSPS) is 13.1. The fourth-order valence-corrected chi connectivity index (χ4v) is 3.78. The number of aliphatic hydroxyl groups is 1. The molecule has 0 bridgehead atoms. The Bertz CT molecular complexity index is 882. The summed E-state index contributed by atoms with van der Waals surface area (Å²) in [5, 5.41) is 9.09. The Balaban J connectivity index is 1.72. The predicted molar refractivity (Wildman–Crippen MR) is 100 cm³/mol. The number of benzene rings is 2. The van der Waals surface area contributed by atoms with Crippen molar-refractivity contribution in [3.63, 3.8) is 0 Å². The van der Waals surface area contributed by atoms with Gasteiger partial charge in [-0.2, -0.15) is 8.42 Å². The first-order chi connectivity index (χ1) is 12.9. The molecule has 3 rings (SSSR count). The van der Waals surface area contributed by atoms with E-state index in [9.17, 15) is 13.2 Å². The van der Waals surface area contributed by atoms with Crippen LogP contribution in [0.2, 0.25) is 0 Å². The van der Waals surface area contributed by atoms with Crippen LogP contribution in [-0.4, -0.2) is 61.1 Å². The highest BCUT2D eigenvalue weighted by molar-refractivity contribution is 7.85. The largest absolute Gasteiger partial charge is 0.448 e. The highest BCUT2D eigenvalue weighted by atomic mass is 32.2. The Kier molecular flexibility index (Phi) is 5.79. The standard InChI is InChI=1S/C19H21NO6S/c21-11-9-20(10-12-27(23,24)25)19(22)26-13-18-16-7-3-1-5-14(16)15-6-2-4-8-17(15)18/h1-8,18,21H,9-13H2,(H,23,24,25). The first-order valence-electron chi connectivity index (χ1n) is 8.56. The van der Waals surface area contributed by atoms with Crippen molar-refractivity contribution in [3.05, 3.63) is 59.7 Å². The van der Waals surface area contributed by atoms with E-state index in [1.54, 1.807) is 0 Å². The van der Waals surface area contributed by atoms with E-state index in [-0.39, 0.29) is 32.2 Å². The van der Waals surface area contributed by atoms with Gasteiger partial charge in [0.15, 0.2) is 0 Å². The molecule has 7 nitrogen and oxygen atoms in total. The summed E-state index contributed by atoms with van der Waals surface area (Å²) >= 11 is 0. The van der Waals surface area contributed by atoms with E-state index >= 15 is 0 Å². The lowest BCUT2D eigenvalue weighted by atomic mass is 9.98. The Labute approximate surface area is 157 Å². The van der Waals surface area contributed by atoms with E-state index in [0.29, 0.717) is 0 Å². The third-order valence-corrected chi connectivity index (χ3v) is 5.28.